The Labute approximate surface area is 220 Å². The van der Waals surface area contributed by atoms with E-state index in [0.29, 0.717) is 53.8 Å². The highest BCUT2D eigenvalue weighted by atomic mass is 19.3. The van der Waals surface area contributed by atoms with Crippen LogP contribution in [-0.4, -0.2) is 75.1 Å². The van der Waals surface area contributed by atoms with E-state index in [0.717, 1.165) is 6.07 Å². The molecule has 1 saturated heterocycles. The summed E-state index contributed by atoms with van der Waals surface area (Å²) in [4.78, 5) is 10.7. The molecule has 0 saturated carbocycles. The highest BCUT2D eigenvalue weighted by Crippen LogP contribution is 2.39. The molecule has 1 aliphatic rings. The minimum Gasteiger partial charge on any atom is -0.493 e. The summed E-state index contributed by atoms with van der Waals surface area (Å²) in [5.41, 5.74) is -0.0189. The van der Waals surface area contributed by atoms with Gasteiger partial charge >= 0.3 is 5.92 Å². The van der Waals surface area contributed by atoms with Gasteiger partial charge in [-0.2, -0.15) is 8.78 Å². The Bertz CT molecular complexity index is 1280. The summed E-state index contributed by atoms with van der Waals surface area (Å²) >= 11 is 0. The van der Waals surface area contributed by atoms with Crippen molar-refractivity contribution in [1.29, 1.82) is 0 Å². The van der Waals surface area contributed by atoms with Crippen LogP contribution in [0.4, 0.5) is 19.0 Å². The Morgan fingerprint density at radius 2 is 1.97 bits per heavy atom. The predicted octanol–water partition coefficient (Wildman–Crippen LogP) is 4.71. The maximum absolute atomic E-state index is 15.6. The van der Waals surface area contributed by atoms with Gasteiger partial charge < -0.3 is 29.2 Å². The first-order valence-corrected chi connectivity index (χ1v) is 12.4. The highest BCUT2D eigenvalue weighted by Gasteiger charge is 2.46. The summed E-state index contributed by atoms with van der Waals surface area (Å²) in [6.07, 6.45) is -1.44. The van der Waals surface area contributed by atoms with Crippen LogP contribution in [0.25, 0.3) is 10.9 Å². The first-order chi connectivity index (χ1) is 18.1. The van der Waals surface area contributed by atoms with Crippen LogP contribution in [0.15, 0.2) is 30.3 Å². The zero-order valence-corrected chi connectivity index (χ0v) is 22.2. The van der Waals surface area contributed by atoms with Crippen LogP contribution < -0.4 is 14.8 Å². The van der Waals surface area contributed by atoms with Gasteiger partial charge in [-0.25, -0.2) is 14.4 Å². The Kier molecular flexibility index (Phi) is 8.59. The smallest absolute Gasteiger partial charge is 0.302 e. The third kappa shape index (κ3) is 5.79. The van der Waals surface area contributed by atoms with Gasteiger partial charge in [0.1, 0.15) is 30.2 Å². The Balaban J connectivity index is 1.67. The van der Waals surface area contributed by atoms with Crippen molar-refractivity contribution in [3.8, 4) is 11.5 Å². The fraction of sp³-hybridized carbons (Fsp3) is 0.481. The number of anilines is 1. The molecule has 0 radical (unpaired) electrons. The quantitative estimate of drug-likeness (QED) is 0.375. The number of alkyl halides is 2. The van der Waals surface area contributed by atoms with Gasteiger partial charge in [0.25, 0.3) is 0 Å². The molecular weight excluding hydrogens is 501 g/mol. The van der Waals surface area contributed by atoms with Gasteiger partial charge in [-0.1, -0.05) is 12.1 Å². The normalized spacial score (nSPS) is 17.4. The number of rotatable bonds is 10. The van der Waals surface area contributed by atoms with E-state index in [1.54, 1.807) is 45.0 Å². The van der Waals surface area contributed by atoms with Gasteiger partial charge in [-0.3, -0.25) is 0 Å². The minimum atomic E-state index is -3.50. The zero-order valence-electron chi connectivity index (χ0n) is 22.2. The third-order valence-corrected chi connectivity index (χ3v) is 6.52. The van der Waals surface area contributed by atoms with E-state index in [9.17, 15) is 0 Å². The number of likely N-dealkylation sites (N-methyl/N-ethyl adjacent to an activating group) is 1. The number of hydrogen-bond donors (Lipinski definition) is 1. The lowest BCUT2D eigenvalue weighted by molar-refractivity contribution is -0.171. The van der Waals surface area contributed by atoms with Crippen LogP contribution in [-0.2, 0) is 15.4 Å². The molecule has 0 amide bonds. The van der Waals surface area contributed by atoms with Crippen LogP contribution in [0.2, 0.25) is 0 Å². The maximum Gasteiger partial charge on any atom is 0.302 e. The van der Waals surface area contributed by atoms with E-state index in [4.69, 9.17) is 18.9 Å². The summed E-state index contributed by atoms with van der Waals surface area (Å²) in [6.45, 7) is 4.83. The molecule has 1 aromatic heterocycles. The van der Waals surface area contributed by atoms with E-state index in [2.05, 4.69) is 15.3 Å². The molecule has 4 rings (SSSR count). The van der Waals surface area contributed by atoms with Crippen molar-refractivity contribution in [2.75, 3.05) is 59.5 Å². The molecule has 3 aromatic rings. The first-order valence-electron chi connectivity index (χ1n) is 12.4. The minimum absolute atomic E-state index is 0.00885. The van der Waals surface area contributed by atoms with Gasteiger partial charge in [0, 0.05) is 37.2 Å². The molecule has 1 N–H and O–H groups in total. The molecule has 2 heterocycles. The molecule has 0 spiro atoms. The van der Waals surface area contributed by atoms with E-state index in [1.807, 2.05) is 0 Å². The van der Waals surface area contributed by atoms with Gasteiger partial charge in [0.05, 0.1) is 37.4 Å². The molecule has 1 aliphatic heterocycles. The third-order valence-electron chi connectivity index (χ3n) is 6.52. The second-order valence-corrected chi connectivity index (χ2v) is 9.30. The Morgan fingerprint density at radius 1 is 1.18 bits per heavy atom. The Hall–Kier alpha value is -3.15. The summed E-state index contributed by atoms with van der Waals surface area (Å²) in [5.74, 6) is -2.64. The number of aryl methyl sites for hydroxylation is 1. The molecule has 1 unspecified atom stereocenters. The highest BCUT2D eigenvalue weighted by molar-refractivity contribution is 5.92. The van der Waals surface area contributed by atoms with Crippen molar-refractivity contribution in [1.82, 2.24) is 14.9 Å². The number of halogens is 3. The summed E-state index contributed by atoms with van der Waals surface area (Å²) in [6, 6.07) is 6.80. The lowest BCUT2D eigenvalue weighted by atomic mass is 9.96. The number of methoxy groups -OCH3 is 2. The number of benzene rings is 2. The largest absolute Gasteiger partial charge is 0.493 e. The average molecular weight is 535 g/mol. The summed E-state index contributed by atoms with van der Waals surface area (Å²) in [7, 11) is 4.84. The number of hydrogen-bond acceptors (Lipinski definition) is 8. The molecule has 206 valence electrons. The van der Waals surface area contributed by atoms with Crippen LogP contribution >= 0.6 is 0 Å². The van der Waals surface area contributed by atoms with Crippen LogP contribution in [0, 0.1) is 12.7 Å². The SMILES string of the molecule is COCCOc1cc2c(N[C@H](C)c3cccc(C(F)(F)C4CN(C)CCO4)c3F)nc(C)nc2cc1OC. The summed E-state index contributed by atoms with van der Waals surface area (Å²) < 4.78 is 68.0. The lowest BCUT2D eigenvalue weighted by Gasteiger charge is -2.35. The maximum atomic E-state index is 15.6. The van der Waals surface area contributed by atoms with Crippen molar-refractivity contribution in [3.05, 3.63) is 53.1 Å². The van der Waals surface area contributed by atoms with Gasteiger partial charge in [-0.05, 0) is 33.0 Å². The van der Waals surface area contributed by atoms with E-state index in [-0.39, 0.29) is 18.7 Å². The van der Waals surface area contributed by atoms with Crippen molar-refractivity contribution in [2.45, 2.75) is 31.9 Å². The number of fused-ring (bicyclic) bond motifs is 1. The van der Waals surface area contributed by atoms with Crippen molar-refractivity contribution >= 4 is 16.7 Å². The van der Waals surface area contributed by atoms with Gasteiger partial charge in [0.15, 0.2) is 11.5 Å². The summed E-state index contributed by atoms with van der Waals surface area (Å²) in [5, 5.41) is 3.79. The van der Waals surface area contributed by atoms with E-state index < -0.39 is 29.4 Å². The van der Waals surface area contributed by atoms with E-state index >= 15 is 13.2 Å². The van der Waals surface area contributed by atoms with Crippen molar-refractivity contribution in [2.24, 2.45) is 0 Å². The Morgan fingerprint density at radius 3 is 2.68 bits per heavy atom. The molecule has 11 heteroatoms. The zero-order chi connectivity index (χ0) is 27.4. The topological polar surface area (TPSA) is 78.0 Å². The molecule has 8 nitrogen and oxygen atoms in total. The number of morpholine rings is 1. The average Bonchev–Trinajstić information content (AvgIpc) is 2.88. The molecule has 0 aliphatic carbocycles. The standard InChI is InChI=1S/C27H33F3N4O4/c1-16(18-7-6-8-20(25(18)28)27(29,30)24-15-34(3)9-10-38-24)31-26-19-13-23(37-12-11-35-4)22(36-5)14-21(19)32-17(2)33-26/h6-8,13-14,16,24H,9-12,15H2,1-5H3,(H,31,32,33)/t16-,24?/m1/s1. The number of nitrogens with zero attached hydrogens (tertiary/aromatic N) is 3. The second-order valence-electron chi connectivity index (χ2n) is 9.30. The van der Waals surface area contributed by atoms with Gasteiger partial charge in [-0.15, -0.1) is 0 Å². The van der Waals surface area contributed by atoms with Gasteiger partial charge in [0.2, 0.25) is 0 Å². The number of nitrogens with one attached hydrogen (secondary N) is 1. The molecule has 1 fully saturated rings. The first kappa shape index (κ1) is 27.9. The fourth-order valence-corrected chi connectivity index (χ4v) is 4.47. The molecule has 38 heavy (non-hydrogen) atoms. The lowest BCUT2D eigenvalue weighted by Crippen LogP contribution is -2.48. The fourth-order valence-electron chi connectivity index (χ4n) is 4.47. The van der Waals surface area contributed by atoms with E-state index in [1.165, 1.54) is 19.2 Å². The van der Waals surface area contributed by atoms with Crippen molar-refractivity contribution < 1.29 is 32.1 Å². The molecular formula is C27H33F3N4O4. The molecule has 2 aromatic carbocycles. The van der Waals surface area contributed by atoms with Crippen LogP contribution in [0.5, 0.6) is 11.5 Å². The number of ether oxygens (including phenoxy) is 4. The van der Waals surface area contributed by atoms with Crippen LogP contribution in [0.1, 0.15) is 29.9 Å². The number of aromatic nitrogens is 2. The predicted molar refractivity (Wildman–Crippen MR) is 138 cm³/mol. The molecule has 0 bridgehead atoms. The van der Waals surface area contributed by atoms with Crippen molar-refractivity contribution in [3.63, 3.8) is 0 Å². The molecule has 2 atom stereocenters. The van der Waals surface area contributed by atoms with Crippen LogP contribution in [0.3, 0.4) is 0 Å². The monoisotopic (exact) mass is 534 g/mol. The second kappa shape index (κ2) is 11.7.